The van der Waals surface area contributed by atoms with Crippen molar-refractivity contribution in [2.24, 2.45) is 5.84 Å². The van der Waals surface area contributed by atoms with Gasteiger partial charge in [0.15, 0.2) is 0 Å². The van der Waals surface area contributed by atoms with E-state index in [1.165, 1.54) is 12.3 Å². The summed E-state index contributed by atoms with van der Waals surface area (Å²) in [6.07, 6.45) is 1.51. The van der Waals surface area contributed by atoms with Crippen molar-refractivity contribution in [3.8, 4) is 0 Å². The molecule has 0 aliphatic rings. The number of nitrogen functional groups attached to an aromatic ring is 1. The molecule has 1 aromatic heterocycles. The third-order valence-corrected chi connectivity index (χ3v) is 2.39. The van der Waals surface area contributed by atoms with Gasteiger partial charge in [-0.05, 0) is 18.2 Å². The SMILES string of the molecule is NNc1nccc2c(F)cc(Br)cc12. The lowest BCUT2D eigenvalue weighted by Crippen LogP contribution is -2.08. The number of nitrogens with two attached hydrogens (primary N) is 1. The van der Waals surface area contributed by atoms with E-state index in [1.54, 1.807) is 12.1 Å². The molecule has 1 aromatic carbocycles. The summed E-state index contributed by atoms with van der Waals surface area (Å²) in [5.41, 5.74) is 2.43. The largest absolute Gasteiger partial charge is 0.308 e. The molecule has 0 saturated carbocycles. The van der Waals surface area contributed by atoms with Gasteiger partial charge >= 0.3 is 0 Å². The van der Waals surface area contributed by atoms with Gasteiger partial charge in [0.1, 0.15) is 11.6 Å². The van der Waals surface area contributed by atoms with Gasteiger partial charge in [0, 0.05) is 21.4 Å². The first-order valence-electron chi connectivity index (χ1n) is 3.93. The van der Waals surface area contributed by atoms with Gasteiger partial charge in [0.2, 0.25) is 0 Å². The summed E-state index contributed by atoms with van der Waals surface area (Å²) in [5.74, 6) is 5.43. The molecule has 0 saturated heterocycles. The third-order valence-electron chi connectivity index (χ3n) is 1.93. The maximum absolute atomic E-state index is 13.4. The molecule has 14 heavy (non-hydrogen) atoms. The number of halogens is 2. The topological polar surface area (TPSA) is 50.9 Å². The highest BCUT2D eigenvalue weighted by Crippen LogP contribution is 2.26. The molecule has 0 aliphatic carbocycles. The molecule has 5 heteroatoms. The molecule has 0 radical (unpaired) electrons. The Morgan fingerprint density at radius 3 is 2.86 bits per heavy atom. The average molecular weight is 256 g/mol. The highest BCUT2D eigenvalue weighted by atomic mass is 79.9. The number of hydrogen-bond donors (Lipinski definition) is 2. The van der Waals surface area contributed by atoms with Gasteiger partial charge in [0.05, 0.1) is 0 Å². The Kier molecular flexibility index (Phi) is 2.35. The highest BCUT2D eigenvalue weighted by Gasteiger charge is 2.06. The third kappa shape index (κ3) is 1.44. The first kappa shape index (κ1) is 9.36. The molecular weight excluding hydrogens is 249 g/mol. The molecular formula is C9H7BrFN3. The molecule has 1 heterocycles. The number of pyridine rings is 1. The van der Waals surface area contributed by atoms with Crippen LogP contribution in [0.15, 0.2) is 28.9 Å². The molecule has 0 bridgehead atoms. The fourth-order valence-electron chi connectivity index (χ4n) is 1.32. The van der Waals surface area contributed by atoms with E-state index in [0.29, 0.717) is 21.1 Å². The van der Waals surface area contributed by atoms with E-state index in [-0.39, 0.29) is 5.82 Å². The van der Waals surface area contributed by atoms with Crippen molar-refractivity contribution in [1.82, 2.24) is 4.98 Å². The molecule has 0 spiro atoms. The smallest absolute Gasteiger partial charge is 0.147 e. The number of benzene rings is 1. The second kappa shape index (κ2) is 3.51. The summed E-state index contributed by atoms with van der Waals surface area (Å²) in [5, 5.41) is 1.15. The molecule has 0 fully saturated rings. The van der Waals surface area contributed by atoms with E-state index in [9.17, 15) is 4.39 Å². The van der Waals surface area contributed by atoms with Gasteiger partial charge in [0.25, 0.3) is 0 Å². The van der Waals surface area contributed by atoms with Crippen LogP contribution in [0, 0.1) is 5.82 Å². The number of rotatable bonds is 1. The number of aromatic nitrogens is 1. The molecule has 2 rings (SSSR count). The monoisotopic (exact) mass is 255 g/mol. The van der Waals surface area contributed by atoms with Crippen LogP contribution in [0.3, 0.4) is 0 Å². The van der Waals surface area contributed by atoms with E-state index >= 15 is 0 Å². The standard InChI is InChI=1S/C9H7BrFN3/c10-5-3-7-6(8(11)4-5)1-2-13-9(7)14-12/h1-4H,12H2,(H,13,14). The molecule has 72 valence electrons. The number of fused-ring (bicyclic) bond motifs is 1. The Balaban J connectivity index is 2.86. The Labute approximate surface area is 88.2 Å². The van der Waals surface area contributed by atoms with Crippen molar-refractivity contribution in [1.29, 1.82) is 0 Å². The minimum atomic E-state index is -0.298. The Bertz CT molecular complexity index is 487. The Hall–Kier alpha value is -1.20. The van der Waals surface area contributed by atoms with Crippen molar-refractivity contribution >= 4 is 32.5 Å². The molecule has 0 aliphatic heterocycles. The van der Waals surface area contributed by atoms with Crippen LogP contribution in [0.25, 0.3) is 10.8 Å². The lowest BCUT2D eigenvalue weighted by molar-refractivity contribution is 0.639. The van der Waals surface area contributed by atoms with Crippen LogP contribution >= 0.6 is 15.9 Å². The molecule has 0 atom stereocenters. The lowest BCUT2D eigenvalue weighted by Gasteiger charge is -2.05. The van der Waals surface area contributed by atoms with Crippen molar-refractivity contribution in [3.63, 3.8) is 0 Å². The number of hydrogen-bond acceptors (Lipinski definition) is 3. The first-order chi connectivity index (χ1) is 6.72. The molecule has 0 unspecified atom stereocenters. The van der Waals surface area contributed by atoms with Gasteiger partial charge in [-0.1, -0.05) is 15.9 Å². The molecule has 3 N–H and O–H groups in total. The second-order valence-corrected chi connectivity index (χ2v) is 3.70. The summed E-state index contributed by atoms with van der Waals surface area (Å²) in [4.78, 5) is 3.98. The zero-order valence-corrected chi connectivity index (χ0v) is 8.68. The quantitative estimate of drug-likeness (QED) is 0.608. The predicted octanol–water partition coefficient (Wildman–Crippen LogP) is 2.42. The fourth-order valence-corrected chi connectivity index (χ4v) is 1.75. The van der Waals surface area contributed by atoms with Crippen LogP contribution < -0.4 is 11.3 Å². The van der Waals surface area contributed by atoms with E-state index < -0.39 is 0 Å². The average Bonchev–Trinajstić information content (AvgIpc) is 2.17. The lowest BCUT2D eigenvalue weighted by atomic mass is 10.1. The van der Waals surface area contributed by atoms with E-state index in [0.717, 1.165) is 0 Å². The van der Waals surface area contributed by atoms with Crippen LogP contribution in [0.1, 0.15) is 0 Å². The number of nitrogens with zero attached hydrogens (tertiary/aromatic N) is 1. The van der Waals surface area contributed by atoms with Crippen LogP contribution in [-0.4, -0.2) is 4.98 Å². The maximum atomic E-state index is 13.4. The number of hydrazine groups is 1. The van der Waals surface area contributed by atoms with E-state index in [1.807, 2.05) is 0 Å². The minimum absolute atomic E-state index is 0.298. The zero-order valence-electron chi connectivity index (χ0n) is 7.09. The van der Waals surface area contributed by atoms with Crippen LogP contribution in [0.4, 0.5) is 10.2 Å². The van der Waals surface area contributed by atoms with Gasteiger partial charge < -0.3 is 5.43 Å². The van der Waals surface area contributed by atoms with Crippen LogP contribution in [0.5, 0.6) is 0 Å². The normalized spacial score (nSPS) is 10.5. The fraction of sp³-hybridized carbons (Fsp3) is 0. The first-order valence-corrected chi connectivity index (χ1v) is 4.72. The summed E-state index contributed by atoms with van der Waals surface area (Å²) in [6.45, 7) is 0. The molecule has 0 amide bonds. The van der Waals surface area contributed by atoms with Gasteiger partial charge in [-0.2, -0.15) is 0 Å². The van der Waals surface area contributed by atoms with Gasteiger partial charge in [-0.3, -0.25) is 0 Å². The van der Waals surface area contributed by atoms with Crippen LogP contribution in [-0.2, 0) is 0 Å². The predicted molar refractivity (Wildman–Crippen MR) is 57.2 cm³/mol. The second-order valence-electron chi connectivity index (χ2n) is 2.79. The Morgan fingerprint density at radius 2 is 2.14 bits per heavy atom. The summed E-state index contributed by atoms with van der Waals surface area (Å²) >= 11 is 3.21. The van der Waals surface area contributed by atoms with Crippen LogP contribution in [0.2, 0.25) is 0 Å². The zero-order chi connectivity index (χ0) is 10.1. The summed E-state index contributed by atoms with van der Waals surface area (Å²) < 4.78 is 14.1. The van der Waals surface area contributed by atoms with Crippen molar-refractivity contribution < 1.29 is 4.39 Å². The number of nitrogens with one attached hydrogen (secondary N) is 1. The highest BCUT2D eigenvalue weighted by molar-refractivity contribution is 9.10. The molecule has 2 aromatic rings. The van der Waals surface area contributed by atoms with Gasteiger partial charge in [-0.15, -0.1) is 0 Å². The molecule has 3 nitrogen and oxygen atoms in total. The summed E-state index contributed by atoms with van der Waals surface area (Å²) in [6, 6.07) is 4.78. The maximum Gasteiger partial charge on any atom is 0.147 e. The minimum Gasteiger partial charge on any atom is -0.308 e. The summed E-state index contributed by atoms with van der Waals surface area (Å²) in [7, 11) is 0. The van der Waals surface area contributed by atoms with E-state index in [2.05, 4.69) is 26.3 Å². The van der Waals surface area contributed by atoms with Crippen molar-refractivity contribution in [3.05, 3.63) is 34.7 Å². The van der Waals surface area contributed by atoms with Crippen molar-refractivity contribution in [2.75, 3.05) is 5.43 Å². The van der Waals surface area contributed by atoms with Crippen molar-refractivity contribution in [2.45, 2.75) is 0 Å². The number of anilines is 1. The van der Waals surface area contributed by atoms with E-state index in [4.69, 9.17) is 5.84 Å². The van der Waals surface area contributed by atoms with Gasteiger partial charge in [-0.25, -0.2) is 15.2 Å². The Morgan fingerprint density at radius 1 is 1.36 bits per heavy atom.